The Labute approximate surface area is 82.7 Å². The third-order valence-electron chi connectivity index (χ3n) is 1.52. The van der Waals surface area contributed by atoms with Crippen molar-refractivity contribution in [1.82, 2.24) is 4.98 Å². The van der Waals surface area contributed by atoms with Crippen molar-refractivity contribution < 1.29 is 4.74 Å². The molecule has 0 aliphatic rings. The van der Waals surface area contributed by atoms with E-state index >= 15 is 0 Å². The normalized spacial score (nSPS) is 10.2. The van der Waals surface area contributed by atoms with Gasteiger partial charge in [-0.2, -0.15) is 11.8 Å². The third kappa shape index (κ3) is 4.15. The molecule has 2 N–H and O–H groups in total. The molecule has 1 aromatic rings. The Balaban J connectivity index is 2.28. The molecule has 0 aromatic carbocycles. The number of hydrogen-bond donors (Lipinski definition) is 1. The molecule has 3 nitrogen and oxygen atoms in total. The fraction of sp³-hybridized carbons (Fsp3) is 0.444. The lowest BCUT2D eigenvalue weighted by Crippen LogP contribution is -1.94. The number of thioether (sulfide) groups is 1. The summed E-state index contributed by atoms with van der Waals surface area (Å²) in [6, 6.07) is 3.70. The molecule has 0 saturated heterocycles. The number of ether oxygens (including phenoxy) is 1. The molecule has 1 aromatic heterocycles. The van der Waals surface area contributed by atoms with Crippen LogP contribution in [0.4, 0.5) is 5.69 Å². The van der Waals surface area contributed by atoms with E-state index in [9.17, 15) is 0 Å². The molecule has 0 bridgehead atoms. The molecule has 0 unspecified atom stereocenters. The van der Waals surface area contributed by atoms with E-state index in [1.165, 1.54) is 0 Å². The number of methoxy groups -OCH3 is 1. The molecule has 0 aliphatic carbocycles. The molecule has 0 saturated carbocycles. The minimum absolute atomic E-state index is 0.775. The largest absolute Gasteiger partial charge is 0.399 e. The maximum Gasteiger partial charge on any atom is 0.0553 e. The molecule has 1 rings (SSSR count). The third-order valence-corrected chi connectivity index (χ3v) is 2.48. The van der Waals surface area contributed by atoms with Crippen LogP contribution < -0.4 is 5.73 Å². The highest BCUT2D eigenvalue weighted by Crippen LogP contribution is 2.11. The van der Waals surface area contributed by atoms with Crippen molar-refractivity contribution >= 4 is 17.4 Å². The minimum atomic E-state index is 0.775. The number of nitrogens with zero attached hydrogens (tertiary/aromatic N) is 1. The number of anilines is 1. The molecule has 0 amide bonds. The van der Waals surface area contributed by atoms with E-state index in [0.717, 1.165) is 29.5 Å². The topological polar surface area (TPSA) is 48.1 Å². The summed E-state index contributed by atoms with van der Waals surface area (Å²) in [5.41, 5.74) is 7.42. The zero-order valence-corrected chi connectivity index (χ0v) is 8.51. The first-order valence-corrected chi connectivity index (χ1v) is 5.25. The van der Waals surface area contributed by atoms with Crippen LogP contribution in [0.1, 0.15) is 5.69 Å². The van der Waals surface area contributed by atoms with Gasteiger partial charge in [-0.3, -0.25) is 4.98 Å². The first-order chi connectivity index (χ1) is 6.33. The highest BCUT2D eigenvalue weighted by molar-refractivity contribution is 7.98. The number of nitrogen functional groups attached to an aromatic ring is 1. The van der Waals surface area contributed by atoms with Crippen molar-refractivity contribution in [1.29, 1.82) is 0 Å². The maximum absolute atomic E-state index is 5.62. The molecule has 0 aliphatic heterocycles. The van der Waals surface area contributed by atoms with E-state index in [1.54, 1.807) is 31.1 Å². The average Bonchev–Trinajstić information content (AvgIpc) is 2.13. The van der Waals surface area contributed by atoms with Crippen LogP contribution in [0.2, 0.25) is 0 Å². The van der Waals surface area contributed by atoms with Gasteiger partial charge in [0, 0.05) is 30.5 Å². The van der Waals surface area contributed by atoms with Crippen LogP contribution in [-0.4, -0.2) is 24.5 Å². The van der Waals surface area contributed by atoms with Crippen molar-refractivity contribution in [2.75, 3.05) is 25.2 Å². The Kier molecular flexibility index (Phi) is 4.64. The summed E-state index contributed by atoms with van der Waals surface area (Å²) >= 11 is 1.80. The van der Waals surface area contributed by atoms with Crippen molar-refractivity contribution in [3.05, 3.63) is 24.0 Å². The quantitative estimate of drug-likeness (QED) is 0.729. The van der Waals surface area contributed by atoms with Gasteiger partial charge < -0.3 is 10.5 Å². The molecular formula is C9H14N2OS. The van der Waals surface area contributed by atoms with E-state index in [1.807, 2.05) is 6.07 Å². The van der Waals surface area contributed by atoms with Crippen LogP contribution in [0.25, 0.3) is 0 Å². The zero-order valence-electron chi connectivity index (χ0n) is 7.69. The van der Waals surface area contributed by atoms with E-state index in [4.69, 9.17) is 10.5 Å². The highest BCUT2D eigenvalue weighted by Gasteiger charge is 1.95. The van der Waals surface area contributed by atoms with E-state index in [0.29, 0.717) is 0 Å². The number of pyridine rings is 1. The molecule has 4 heteroatoms. The number of rotatable bonds is 5. The Morgan fingerprint density at radius 1 is 1.62 bits per heavy atom. The van der Waals surface area contributed by atoms with Gasteiger partial charge in [-0.1, -0.05) is 0 Å². The van der Waals surface area contributed by atoms with Crippen molar-refractivity contribution in [2.24, 2.45) is 0 Å². The van der Waals surface area contributed by atoms with Crippen LogP contribution in [0, 0.1) is 0 Å². The summed E-state index contributed by atoms with van der Waals surface area (Å²) in [6.45, 7) is 0.785. The molecule has 0 fully saturated rings. The lowest BCUT2D eigenvalue weighted by Gasteiger charge is -2.01. The fourth-order valence-corrected chi connectivity index (χ4v) is 1.69. The summed E-state index contributed by atoms with van der Waals surface area (Å²) < 4.78 is 4.94. The summed E-state index contributed by atoms with van der Waals surface area (Å²) in [4.78, 5) is 4.20. The molecule has 0 radical (unpaired) electrons. The Bertz CT molecular complexity index is 255. The van der Waals surface area contributed by atoms with Crippen molar-refractivity contribution in [3.8, 4) is 0 Å². The fourth-order valence-electron chi connectivity index (χ4n) is 0.895. The monoisotopic (exact) mass is 198 g/mol. The molecular weight excluding hydrogens is 184 g/mol. The molecule has 72 valence electrons. The summed E-state index contributed by atoms with van der Waals surface area (Å²) in [5.74, 6) is 1.89. The van der Waals surface area contributed by atoms with Gasteiger partial charge in [-0.05, 0) is 12.1 Å². The second-order valence-corrected chi connectivity index (χ2v) is 3.73. The smallest absolute Gasteiger partial charge is 0.0553 e. The lowest BCUT2D eigenvalue weighted by atomic mass is 10.3. The maximum atomic E-state index is 5.62. The predicted molar refractivity (Wildman–Crippen MR) is 56.7 cm³/mol. The van der Waals surface area contributed by atoms with Gasteiger partial charge in [0.05, 0.1) is 12.3 Å². The van der Waals surface area contributed by atoms with Crippen LogP contribution >= 0.6 is 11.8 Å². The predicted octanol–water partition coefficient (Wildman–Crippen LogP) is 1.54. The van der Waals surface area contributed by atoms with Gasteiger partial charge in [-0.25, -0.2) is 0 Å². The van der Waals surface area contributed by atoms with Gasteiger partial charge in [0.2, 0.25) is 0 Å². The van der Waals surface area contributed by atoms with Crippen LogP contribution in [0.3, 0.4) is 0 Å². The molecule has 1 heterocycles. The van der Waals surface area contributed by atoms with Gasteiger partial charge in [0.1, 0.15) is 0 Å². The Morgan fingerprint density at radius 3 is 3.15 bits per heavy atom. The number of hydrogen-bond acceptors (Lipinski definition) is 4. The van der Waals surface area contributed by atoms with Crippen LogP contribution in [0.5, 0.6) is 0 Å². The van der Waals surface area contributed by atoms with Crippen molar-refractivity contribution in [3.63, 3.8) is 0 Å². The highest BCUT2D eigenvalue weighted by atomic mass is 32.2. The first kappa shape index (κ1) is 10.3. The van der Waals surface area contributed by atoms with E-state index in [2.05, 4.69) is 4.98 Å². The molecule has 0 atom stereocenters. The van der Waals surface area contributed by atoms with E-state index < -0.39 is 0 Å². The Hall–Kier alpha value is -0.740. The van der Waals surface area contributed by atoms with Gasteiger partial charge in [-0.15, -0.1) is 0 Å². The summed E-state index contributed by atoms with van der Waals surface area (Å²) in [5, 5.41) is 0. The van der Waals surface area contributed by atoms with Crippen LogP contribution in [0.15, 0.2) is 18.3 Å². The SMILES string of the molecule is COCCSCc1cc(N)ccn1. The second kappa shape index (κ2) is 5.83. The molecule has 0 spiro atoms. The van der Waals surface area contributed by atoms with E-state index in [-0.39, 0.29) is 0 Å². The molecule has 13 heavy (non-hydrogen) atoms. The summed E-state index contributed by atoms with van der Waals surface area (Å²) in [6.07, 6.45) is 1.74. The number of nitrogens with two attached hydrogens (primary N) is 1. The standard InChI is InChI=1S/C9H14N2OS/c1-12-4-5-13-7-9-6-8(10)2-3-11-9/h2-3,6H,4-5,7H2,1H3,(H2,10,11). The second-order valence-electron chi connectivity index (χ2n) is 2.63. The average molecular weight is 198 g/mol. The summed E-state index contributed by atoms with van der Waals surface area (Å²) in [7, 11) is 1.71. The van der Waals surface area contributed by atoms with Crippen LogP contribution in [-0.2, 0) is 10.5 Å². The number of aromatic nitrogens is 1. The lowest BCUT2D eigenvalue weighted by molar-refractivity contribution is 0.218. The first-order valence-electron chi connectivity index (χ1n) is 4.10. The van der Waals surface area contributed by atoms with Gasteiger partial charge in [0.25, 0.3) is 0 Å². The van der Waals surface area contributed by atoms with Crippen molar-refractivity contribution in [2.45, 2.75) is 5.75 Å². The zero-order chi connectivity index (χ0) is 9.52. The minimum Gasteiger partial charge on any atom is -0.399 e. The van der Waals surface area contributed by atoms with Gasteiger partial charge >= 0.3 is 0 Å². The van der Waals surface area contributed by atoms with Gasteiger partial charge in [0.15, 0.2) is 0 Å². The Morgan fingerprint density at radius 2 is 2.46 bits per heavy atom.